The molecule has 3 N–H and O–H groups in total. The first-order valence-electron chi connectivity index (χ1n) is 11.2. The molecule has 0 saturated heterocycles. The minimum Gasteiger partial charge on any atom is -0.495 e. The Morgan fingerprint density at radius 1 is 1.14 bits per heavy atom. The lowest BCUT2D eigenvalue weighted by Crippen LogP contribution is -2.31. The lowest BCUT2D eigenvalue weighted by molar-refractivity contribution is -0.114. The Balaban J connectivity index is 1.59. The smallest absolute Gasteiger partial charge is 0.254 e. The van der Waals surface area contributed by atoms with Gasteiger partial charge in [0.05, 0.1) is 41.1 Å². The number of carbonyl (C=O) groups is 2. The average Bonchev–Trinajstić information content (AvgIpc) is 3.43. The number of nitrogens with one attached hydrogen (secondary N) is 3. The fraction of sp³-hybridized carbons (Fsp3) is 0.148. The van der Waals surface area contributed by atoms with Crippen molar-refractivity contribution in [1.82, 2.24) is 5.32 Å². The van der Waals surface area contributed by atoms with Crippen molar-refractivity contribution >= 4 is 62.2 Å². The van der Waals surface area contributed by atoms with Crippen molar-refractivity contribution in [2.45, 2.75) is 12.8 Å². The van der Waals surface area contributed by atoms with E-state index in [0.717, 1.165) is 9.35 Å². The predicted molar refractivity (Wildman–Crippen MR) is 152 cm³/mol. The van der Waals surface area contributed by atoms with E-state index in [1.807, 2.05) is 41.8 Å². The number of hydrogen-bond donors (Lipinski definition) is 3. The van der Waals surface area contributed by atoms with E-state index < -0.39 is 5.92 Å². The summed E-state index contributed by atoms with van der Waals surface area (Å²) in [7, 11) is 1.54. The zero-order chi connectivity index (χ0) is 26.4. The quantitative estimate of drug-likeness (QED) is 0.286. The van der Waals surface area contributed by atoms with E-state index in [-0.39, 0.29) is 17.6 Å². The minimum absolute atomic E-state index is 0.0940. The predicted octanol–water partition coefficient (Wildman–Crippen LogP) is 6.23. The normalized spacial score (nSPS) is 15.0. The van der Waals surface area contributed by atoms with Crippen LogP contribution in [0.4, 0.5) is 11.4 Å². The van der Waals surface area contributed by atoms with Gasteiger partial charge in [-0.25, -0.2) is 0 Å². The zero-order valence-electron chi connectivity index (χ0n) is 20.0. The molecule has 0 radical (unpaired) electrons. The molecule has 0 fully saturated rings. The Morgan fingerprint density at radius 3 is 2.57 bits per heavy atom. The number of nitriles is 1. The van der Waals surface area contributed by atoms with Crippen LogP contribution in [0.1, 0.15) is 17.7 Å². The first kappa shape index (κ1) is 26.5. The van der Waals surface area contributed by atoms with Gasteiger partial charge in [-0.05, 0) is 54.8 Å². The molecule has 3 aromatic rings. The molecule has 0 bridgehead atoms. The third-order valence-electron chi connectivity index (χ3n) is 5.55. The fourth-order valence-electron chi connectivity index (χ4n) is 3.87. The number of hydrogen-bond acceptors (Lipinski definition) is 7. The second-order valence-corrected chi connectivity index (χ2v) is 10.8. The number of methoxy groups -OCH3 is 1. The highest BCUT2D eigenvalue weighted by molar-refractivity contribution is 9.10. The number of benzene rings is 2. The van der Waals surface area contributed by atoms with E-state index in [1.54, 1.807) is 38.3 Å². The van der Waals surface area contributed by atoms with Gasteiger partial charge in [0.15, 0.2) is 0 Å². The van der Waals surface area contributed by atoms with E-state index in [2.05, 4.69) is 37.9 Å². The SMILES string of the molecule is COc1ccccc1NC(=O)C1=C(C)NC(SCC(=O)Nc2ccc(Br)cc2)=C(C#N)[C@@H]1c1cccs1. The van der Waals surface area contributed by atoms with Crippen LogP contribution < -0.4 is 20.7 Å². The van der Waals surface area contributed by atoms with Gasteiger partial charge in [-0.3, -0.25) is 9.59 Å². The summed E-state index contributed by atoms with van der Waals surface area (Å²) >= 11 is 6.08. The molecule has 0 aliphatic carbocycles. The first-order chi connectivity index (χ1) is 17.9. The molecular formula is C27H23BrN4O3S2. The number of carbonyl (C=O) groups excluding carboxylic acids is 2. The van der Waals surface area contributed by atoms with E-state index in [1.165, 1.54) is 23.1 Å². The van der Waals surface area contributed by atoms with Crippen molar-refractivity contribution in [3.63, 3.8) is 0 Å². The molecule has 37 heavy (non-hydrogen) atoms. The van der Waals surface area contributed by atoms with Crippen LogP contribution in [0.5, 0.6) is 5.75 Å². The molecule has 2 amide bonds. The fourth-order valence-corrected chi connectivity index (χ4v) is 5.87. The van der Waals surface area contributed by atoms with Crippen LogP contribution in [0.3, 0.4) is 0 Å². The summed E-state index contributed by atoms with van der Waals surface area (Å²) in [6.45, 7) is 1.80. The van der Waals surface area contributed by atoms with Gasteiger partial charge in [-0.15, -0.1) is 11.3 Å². The number of amides is 2. The van der Waals surface area contributed by atoms with E-state index in [4.69, 9.17) is 4.74 Å². The third kappa shape index (κ3) is 6.25. The van der Waals surface area contributed by atoms with Gasteiger partial charge in [0.2, 0.25) is 5.91 Å². The molecular weight excluding hydrogens is 572 g/mol. The number of thioether (sulfide) groups is 1. The second kappa shape index (κ2) is 12.1. The van der Waals surface area contributed by atoms with Gasteiger partial charge in [0.1, 0.15) is 5.75 Å². The molecule has 0 spiro atoms. The minimum atomic E-state index is -0.571. The summed E-state index contributed by atoms with van der Waals surface area (Å²) in [5, 5.41) is 21.6. The highest BCUT2D eigenvalue weighted by Gasteiger charge is 2.35. The van der Waals surface area contributed by atoms with Crippen LogP contribution in [0.25, 0.3) is 0 Å². The van der Waals surface area contributed by atoms with Crippen molar-refractivity contribution < 1.29 is 14.3 Å². The molecule has 0 unspecified atom stereocenters. The van der Waals surface area contributed by atoms with Gasteiger partial charge in [0, 0.05) is 26.3 Å². The number of para-hydroxylation sites is 2. The summed E-state index contributed by atoms with van der Waals surface area (Å²) < 4.78 is 6.29. The van der Waals surface area contributed by atoms with Crippen LogP contribution in [-0.4, -0.2) is 24.7 Å². The van der Waals surface area contributed by atoms with E-state index in [9.17, 15) is 14.9 Å². The molecule has 188 valence electrons. The van der Waals surface area contributed by atoms with Crippen molar-refractivity contribution in [1.29, 1.82) is 5.26 Å². The van der Waals surface area contributed by atoms with Crippen molar-refractivity contribution in [2.24, 2.45) is 0 Å². The Bertz CT molecular complexity index is 1410. The Labute approximate surface area is 231 Å². The molecule has 1 atom stereocenters. The highest BCUT2D eigenvalue weighted by atomic mass is 79.9. The molecule has 4 rings (SSSR count). The number of allylic oxidation sites excluding steroid dienone is 2. The second-order valence-electron chi connectivity index (χ2n) is 7.96. The third-order valence-corrected chi connectivity index (χ3v) is 8.03. The topological polar surface area (TPSA) is 103 Å². The standard InChI is InChI=1S/C27H23BrN4O3S2/c1-16-24(26(34)32-20-6-3-4-7-21(20)35-2)25(22-8-5-13-36-22)19(14-29)27(30-16)37-15-23(33)31-18-11-9-17(28)10-12-18/h3-13,25,30H,15H2,1-2H3,(H,31,33)(H,32,34)/t25-/m1/s1. The van der Waals surface area contributed by atoms with E-state index >= 15 is 0 Å². The molecule has 2 aromatic carbocycles. The van der Waals surface area contributed by atoms with Gasteiger partial charge < -0.3 is 20.7 Å². The monoisotopic (exact) mass is 594 g/mol. The summed E-state index contributed by atoms with van der Waals surface area (Å²) in [4.78, 5) is 27.0. The Morgan fingerprint density at radius 2 is 1.89 bits per heavy atom. The van der Waals surface area contributed by atoms with Crippen LogP contribution in [0.15, 0.2) is 92.4 Å². The maximum Gasteiger partial charge on any atom is 0.254 e. The lowest BCUT2D eigenvalue weighted by Gasteiger charge is -2.29. The number of ether oxygens (including phenoxy) is 1. The number of nitrogens with zero attached hydrogens (tertiary/aromatic N) is 1. The maximum atomic E-state index is 13.5. The first-order valence-corrected chi connectivity index (χ1v) is 13.8. The molecule has 1 aromatic heterocycles. The van der Waals surface area contributed by atoms with Crippen molar-refractivity contribution in [3.8, 4) is 11.8 Å². The van der Waals surface area contributed by atoms with E-state index in [0.29, 0.717) is 39.0 Å². The zero-order valence-corrected chi connectivity index (χ0v) is 23.2. The molecule has 7 nitrogen and oxygen atoms in total. The van der Waals surface area contributed by atoms with Gasteiger partial charge >= 0.3 is 0 Å². The Hall–Kier alpha value is -3.52. The molecule has 2 heterocycles. The van der Waals surface area contributed by atoms with Crippen LogP contribution in [0.2, 0.25) is 0 Å². The summed E-state index contributed by atoms with van der Waals surface area (Å²) in [5.41, 5.74) is 2.66. The highest BCUT2D eigenvalue weighted by Crippen LogP contribution is 2.42. The van der Waals surface area contributed by atoms with Crippen LogP contribution >= 0.6 is 39.0 Å². The molecule has 10 heteroatoms. The summed E-state index contributed by atoms with van der Waals surface area (Å²) in [6.07, 6.45) is 0. The number of halogens is 1. The van der Waals surface area contributed by atoms with Crippen molar-refractivity contribution in [2.75, 3.05) is 23.5 Å². The number of anilines is 2. The number of thiophene rings is 1. The Kier molecular flexibility index (Phi) is 8.71. The van der Waals surface area contributed by atoms with Gasteiger partial charge in [-0.2, -0.15) is 5.26 Å². The number of dihydropyridines is 1. The van der Waals surface area contributed by atoms with Crippen molar-refractivity contribution in [3.05, 3.63) is 97.3 Å². The summed E-state index contributed by atoms with van der Waals surface area (Å²) in [6, 6.07) is 20.5. The number of rotatable bonds is 8. The lowest BCUT2D eigenvalue weighted by atomic mass is 9.86. The molecule has 0 saturated carbocycles. The molecule has 1 aliphatic heterocycles. The van der Waals surface area contributed by atoms with Gasteiger partial charge in [0.25, 0.3) is 5.91 Å². The van der Waals surface area contributed by atoms with Crippen LogP contribution in [-0.2, 0) is 9.59 Å². The van der Waals surface area contributed by atoms with Gasteiger partial charge in [-0.1, -0.05) is 45.9 Å². The van der Waals surface area contributed by atoms with Crippen LogP contribution in [0, 0.1) is 11.3 Å². The molecule has 1 aliphatic rings. The maximum absolute atomic E-state index is 13.5. The largest absolute Gasteiger partial charge is 0.495 e. The average molecular weight is 596 g/mol. The summed E-state index contributed by atoms with van der Waals surface area (Å²) in [5.74, 6) is -0.477.